The molecule has 0 bridgehead atoms. The standard InChI is InChI=1S/C46H26N2/c1-5-29-16-17-30-7-3-11-38-39-26-35(25-34-21-18-31-6-2-10-37(42(31)44(34)39)36(9-1)41(29)43(30)38)27-12-14-28(15-13-27)40-23-22-33-20-19-32-8-4-24-47-45(32)46(33)48-40/h1-26H. The summed E-state index contributed by atoms with van der Waals surface area (Å²) in [6.45, 7) is 0. The summed E-state index contributed by atoms with van der Waals surface area (Å²) < 4.78 is 0. The quantitative estimate of drug-likeness (QED) is 0.183. The average molecular weight is 607 g/mol. The molecule has 2 heteroatoms. The normalized spacial score (nSPS) is 12.2. The van der Waals surface area contributed by atoms with Gasteiger partial charge in [-0.3, -0.25) is 4.98 Å². The van der Waals surface area contributed by atoms with Crippen molar-refractivity contribution in [1.29, 1.82) is 0 Å². The van der Waals surface area contributed by atoms with Crippen LogP contribution < -0.4 is 0 Å². The molecule has 2 nitrogen and oxygen atoms in total. The van der Waals surface area contributed by atoms with E-state index >= 15 is 0 Å². The van der Waals surface area contributed by atoms with Gasteiger partial charge in [0.15, 0.2) is 0 Å². The van der Waals surface area contributed by atoms with Gasteiger partial charge in [0, 0.05) is 22.5 Å². The van der Waals surface area contributed by atoms with Crippen LogP contribution in [0.15, 0.2) is 158 Å². The fourth-order valence-electron chi connectivity index (χ4n) is 8.17. The third-order valence-corrected chi connectivity index (χ3v) is 10.4. The van der Waals surface area contributed by atoms with E-state index in [1.165, 1.54) is 75.8 Å². The van der Waals surface area contributed by atoms with Gasteiger partial charge >= 0.3 is 0 Å². The van der Waals surface area contributed by atoms with Crippen LogP contribution in [-0.4, -0.2) is 9.97 Å². The van der Waals surface area contributed by atoms with Crippen LogP contribution in [0.2, 0.25) is 0 Å². The molecular weight excluding hydrogens is 581 g/mol. The molecule has 0 aliphatic rings. The zero-order valence-corrected chi connectivity index (χ0v) is 25.9. The number of fused-ring (bicyclic) bond motifs is 5. The lowest BCUT2D eigenvalue weighted by atomic mass is 9.86. The summed E-state index contributed by atoms with van der Waals surface area (Å²) >= 11 is 0. The molecular formula is C46H26N2. The summed E-state index contributed by atoms with van der Waals surface area (Å²) in [6.07, 6.45) is 1.84. The van der Waals surface area contributed by atoms with Crippen LogP contribution in [0.4, 0.5) is 0 Å². The van der Waals surface area contributed by atoms with Crippen molar-refractivity contribution in [3.8, 4) is 22.4 Å². The molecule has 2 heterocycles. The van der Waals surface area contributed by atoms with Gasteiger partial charge in [-0.1, -0.05) is 127 Å². The van der Waals surface area contributed by atoms with Crippen molar-refractivity contribution in [2.45, 2.75) is 0 Å². The van der Waals surface area contributed by atoms with E-state index in [1.54, 1.807) is 0 Å². The topological polar surface area (TPSA) is 25.8 Å². The SMILES string of the molecule is c1cnc2c(c1)ccc1ccc(-c3ccc(-c4cc5ccc6cccc7c8cccc9ccc%10cccc(c(c4)c5c67)c%10c98)cc3)nc12. The van der Waals surface area contributed by atoms with Crippen molar-refractivity contribution in [2.24, 2.45) is 0 Å². The lowest BCUT2D eigenvalue weighted by molar-refractivity contribution is 1.37. The minimum Gasteiger partial charge on any atom is -0.254 e. The van der Waals surface area contributed by atoms with Gasteiger partial charge < -0.3 is 0 Å². The molecule has 9 aromatic carbocycles. The summed E-state index contributed by atoms with van der Waals surface area (Å²) in [5, 5.41) is 17.8. The monoisotopic (exact) mass is 606 g/mol. The van der Waals surface area contributed by atoms with Crippen LogP contribution in [0.25, 0.3) is 109 Å². The first-order valence-corrected chi connectivity index (χ1v) is 16.5. The second-order valence-electron chi connectivity index (χ2n) is 13.0. The molecule has 11 rings (SSSR count). The molecule has 48 heavy (non-hydrogen) atoms. The van der Waals surface area contributed by atoms with Crippen LogP contribution in [0, 0.1) is 0 Å². The third-order valence-electron chi connectivity index (χ3n) is 10.4. The highest BCUT2D eigenvalue weighted by Gasteiger charge is 2.16. The lowest BCUT2D eigenvalue weighted by Gasteiger charge is -2.17. The molecule has 220 valence electrons. The number of hydrogen-bond donors (Lipinski definition) is 0. The summed E-state index contributed by atoms with van der Waals surface area (Å²) in [5.74, 6) is 0. The smallest absolute Gasteiger partial charge is 0.0972 e. The van der Waals surface area contributed by atoms with Crippen LogP contribution >= 0.6 is 0 Å². The Labute approximate surface area is 275 Å². The van der Waals surface area contributed by atoms with Gasteiger partial charge in [-0.2, -0.15) is 0 Å². The van der Waals surface area contributed by atoms with Gasteiger partial charge in [0.25, 0.3) is 0 Å². The Hall–Kier alpha value is -6.38. The van der Waals surface area contributed by atoms with E-state index < -0.39 is 0 Å². The van der Waals surface area contributed by atoms with E-state index in [-0.39, 0.29) is 0 Å². The Bertz CT molecular complexity index is 3100. The van der Waals surface area contributed by atoms with Crippen molar-refractivity contribution >= 4 is 86.4 Å². The maximum atomic E-state index is 5.10. The molecule has 0 amide bonds. The lowest BCUT2D eigenvalue weighted by Crippen LogP contribution is -1.90. The van der Waals surface area contributed by atoms with Crippen LogP contribution in [-0.2, 0) is 0 Å². The van der Waals surface area contributed by atoms with Gasteiger partial charge in [0.05, 0.1) is 16.7 Å². The van der Waals surface area contributed by atoms with E-state index in [4.69, 9.17) is 4.98 Å². The van der Waals surface area contributed by atoms with E-state index in [0.29, 0.717) is 0 Å². The first-order valence-electron chi connectivity index (χ1n) is 16.5. The largest absolute Gasteiger partial charge is 0.254 e. The molecule has 0 aliphatic heterocycles. The number of benzene rings is 8. The molecule has 0 unspecified atom stereocenters. The van der Waals surface area contributed by atoms with Crippen LogP contribution in [0.1, 0.15) is 0 Å². The van der Waals surface area contributed by atoms with Gasteiger partial charge in [-0.05, 0) is 100 Å². The minimum absolute atomic E-state index is 0.938. The number of rotatable bonds is 2. The van der Waals surface area contributed by atoms with Crippen molar-refractivity contribution < 1.29 is 0 Å². The maximum absolute atomic E-state index is 5.10. The van der Waals surface area contributed by atoms with Gasteiger partial charge in [-0.25, -0.2) is 4.98 Å². The van der Waals surface area contributed by atoms with Gasteiger partial charge in [0.2, 0.25) is 0 Å². The van der Waals surface area contributed by atoms with Crippen molar-refractivity contribution in [3.63, 3.8) is 0 Å². The highest BCUT2D eigenvalue weighted by atomic mass is 14.7. The Morgan fingerprint density at radius 2 is 0.812 bits per heavy atom. The molecule has 0 radical (unpaired) electrons. The molecule has 2 aromatic heterocycles. The van der Waals surface area contributed by atoms with Gasteiger partial charge in [-0.15, -0.1) is 0 Å². The Morgan fingerprint density at radius 1 is 0.312 bits per heavy atom. The third kappa shape index (κ3) is 3.57. The second kappa shape index (κ2) is 9.57. The summed E-state index contributed by atoms with van der Waals surface area (Å²) in [7, 11) is 0. The Balaban J connectivity index is 1.17. The Kier molecular flexibility index (Phi) is 5.14. The molecule has 11 aromatic rings. The zero-order chi connectivity index (χ0) is 31.3. The van der Waals surface area contributed by atoms with Gasteiger partial charge in [0.1, 0.15) is 0 Å². The fraction of sp³-hybridized carbons (Fsp3) is 0. The summed E-state index contributed by atoms with van der Waals surface area (Å²) in [4.78, 5) is 9.75. The maximum Gasteiger partial charge on any atom is 0.0972 e. The van der Waals surface area contributed by atoms with Crippen LogP contribution in [0.3, 0.4) is 0 Å². The van der Waals surface area contributed by atoms with Crippen molar-refractivity contribution in [3.05, 3.63) is 158 Å². The van der Waals surface area contributed by atoms with E-state index in [2.05, 4.69) is 151 Å². The number of nitrogens with zero attached hydrogens (tertiary/aromatic N) is 2. The van der Waals surface area contributed by atoms with Crippen LogP contribution in [0.5, 0.6) is 0 Å². The summed E-state index contributed by atoms with van der Waals surface area (Å²) in [5.41, 5.74) is 6.31. The molecule has 0 spiro atoms. The second-order valence-corrected chi connectivity index (χ2v) is 13.0. The molecule has 0 atom stereocenters. The highest BCUT2D eigenvalue weighted by Crippen LogP contribution is 2.44. The number of hydrogen-bond acceptors (Lipinski definition) is 2. The summed E-state index contributed by atoms with van der Waals surface area (Å²) in [6, 6.07) is 55.7. The minimum atomic E-state index is 0.938. The fourth-order valence-corrected chi connectivity index (χ4v) is 8.17. The Morgan fingerprint density at radius 3 is 1.48 bits per heavy atom. The molecule has 0 saturated heterocycles. The van der Waals surface area contributed by atoms with E-state index in [9.17, 15) is 0 Å². The highest BCUT2D eigenvalue weighted by molar-refractivity contribution is 6.37. The molecule has 0 N–H and O–H groups in total. The zero-order valence-electron chi connectivity index (χ0n) is 25.9. The number of pyridine rings is 2. The molecule has 0 fully saturated rings. The average Bonchev–Trinajstić information content (AvgIpc) is 3.15. The van der Waals surface area contributed by atoms with Crippen molar-refractivity contribution in [2.75, 3.05) is 0 Å². The molecule has 0 saturated carbocycles. The predicted molar refractivity (Wildman–Crippen MR) is 204 cm³/mol. The molecule has 0 aliphatic carbocycles. The predicted octanol–water partition coefficient (Wildman–Crippen LogP) is 12.5. The van der Waals surface area contributed by atoms with E-state index in [1.807, 2.05) is 12.3 Å². The number of aromatic nitrogens is 2. The first kappa shape index (κ1) is 25.8. The van der Waals surface area contributed by atoms with Crippen molar-refractivity contribution in [1.82, 2.24) is 9.97 Å². The first-order chi connectivity index (χ1) is 23.8. The van der Waals surface area contributed by atoms with E-state index in [0.717, 1.165) is 33.1 Å².